The van der Waals surface area contributed by atoms with Crippen LogP contribution in [0.1, 0.15) is 35.7 Å². The maximum Gasteiger partial charge on any atom is 0.120 e. The Morgan fingerprint density at radius 3 is 2.85 bits per heavy atom. The molecule has 4 nitrogen and oxygen atoms in total. The second-order valence-corrected chi connectivity index (χ2v) is 5.17. The summed E-state index contributed by atoms with van der Waals surface area (Å²) in [5.74, 6) is 6.66. The fraction of sp³-hybridized carbons (Fsp3) is 0.312. The molecule has 20 heavy (non-hydrogen) atoms. The minimum atomic E-state index is -0.0774. The Morgan fingerprint density at radius 2 is 2.15 bits per heavy atom. The molecule has 1 fully saturated rings. The molecular weight excluding hydrogens is 250 g/mol. The molecule has 0 radical (unpaired) electrons. The van der Waals surface area contributed by atoms with E-state index >= 15 is 0 Å². The van der Waals surface area contributed by atoms with Crippen molar-refractivity contribution >= 4 is 0 Å². The van der Waals surface area contributed by atoms with E-state index in [0.29, 0.717) is 6.10 Å². The number of nitrogens with zero attached hydrogens (tertiary/aromatic N) is 1. The number of hydrogen-bond donors (Lipinski definition) is 2. The minimum Gasteiger partial charge on any atom is -0.490 e. The van der Waals surface area contributed by atoms with Crippen molar-refractivity contribution in [3.63, 3.8) is 0 Å². The van der Waals surface area contributed by atoms with E-state index in [1.165, 1.54) is 0 Å². The van der Waals surface area contributed by atoms with Crippen LogP contribution in [0.25, 0.3) is 0 Å². The third-order valence-electron chi connectivity index (χ3n) is 3.54. The van der Waals surface area contributed by atoms with Gasteiger partial charge in [0.25, 0.3) is 0 Å². The fourth-order valence-corrected chi connectivity index (χ4v) is 2.31. The molecule has 1 atom stereocenters. The Morgan fingerprint density at radius 1 is 1.30 bits per heavy atom. The van der Waals surface area contributed by atoms with Gasteiger partial charge in [0.1, 0.15) is 5.75 Å². The third-order valence-corrected chi connectivity index (χ3v) is 3.54. The van der Waals surface area contributed by atoms with Crippen molar-refractivity contribution in [3.05, 3.63) is 59.4 Å². The number of nitrogens with two attached hydrogens (primary N) is 1. The standard InChI is InChI=1S/C16H19N3O/c1-11-15(6-3-9-18-11)16(19-17)12-4-2-5-14(10-12)20-13-7-8-13/h2-6,9-10,13,16,19H,7-8,17H2,1H3. The highest BCUT2D eigenvalue weighted by Crippen LogP contribution is 2.30. The fourth-order valence-electron chi connectivity index (χ4n) is 2.31. The van der Waals surface area contributed by atoms with Gasteiger partial charge in [-0.05, 0) is 49.1 Å². The Labute approximate surface area is 119 Å². The average Bonchev–Trinajstić information content (AvgIpc) is 3.26. The highest BCUT2D eigenvalue weighted by atomic mass is 16.5. The SMILES string of the molecule is Cc1ncccc1C(NN)c1cccc(OC2CC2)c1. The number of benzene rings is 1. The summed E-state index contributed by atoms with van der Waals surface area (Å²) in [5.41, 5.74) is 6.02. The summed E-state index contributed by atoms with van der Waals surface area (Å²) in [7, 11) is 0. The van der Waals surface area contributed by atoms with Gasteiger partial charge in [0.15, 0.2) is 0 Å². The van der Waals surface area contributed by atoms with Crippen LogP contribution in [-0.2, 0) is 0 Å². The Balaban J connectivity index is 1.90. The zero-order chi connectivity index (χ0) is 13.9. The Kier molecular flexibility index (Phi) is 3.67. The van der Waals surface area contributed by atoms with Crippen molar-refractivity contribution in [3.8, 4) is 5.75 Å². The molecule has 104 valence electrons. The number of rotatable bonds is 5. The van der Waals surface area contributed by atoms with Crippen molar-refractivity contribution in [1.82, 2.24) is 10.4 Å². The quantitative estimate of drug-likeness (QED) is 0.646. The Hall–Kier alpha value is -1.91. The van der Waals surface area contributed by atoms with E-state index in [9.17, 15) is 0 Å². The number of aromatic nitrogens is 1. The molecule has 2 aromatic rings. The van der Waals surface area contributed by atoms with Crippen LogP contribution in [-0.4, -0.2) is 11.1 Å². The van der Waals surface area contributed by atoms with E-state index in [4.69, 9.17) is 10.6 Å². The summed E-state index contributed by atoms with van der Waals surface area (Å²) in [6, 6.07) is 12.0. The normalized spacial score (nSPS) is 15.9. The maximum atomic E-state index is 5.84. The topological polar surface area (TPSA) is 60.2 Å². The van der Waals surface area contributed by atoms with E-state index in [-0.39, 0.29) is 6.04 Å². The van der Waals surface area contributed by atoms with Crippen LogP contribution in [0.2, 0.25) is 0 Å². The molecule has 0 bridgehead atoms. The average molecular weight is 269 g/mol. The van der Waals surface area contributed by atoms with Gasteiger partial charge in [-0.1, -0.05) is 18.2 Å². The van der Waals surface area contributed by atoms with Gasteiger partial charge >= 0.3 is 0 Å². The molecule has 0 amide bonds. The molecule has 0 spiro atoms. The summed E-state index contributed by atoms with van der Waals surface area (Å²) in [4.78, 5) is 4.33. The largest absolute Gasteiger partial charge is 0.490 e. The summed E-state index contributed by atoms with van der Waals surface area (Å²) in [6.45, 7) is 1.99. The van der Waals surface area contributed by atoms with Crippen molar-refractivity contribution in [2.45, 2.75) is 31.9 Å². The van der Waals surface area contributed by atoms with Gasteiger partial charge in [-0.2, -0.15) is 0 Å². The second-order valence-electron chi connectivity index (χ2n) is 5.17. The maximum absolute atomic E-state index is 5.84. The first-order valence-corrected chi connectivity index (χ1v) is 6.92. The van der Waals surface area contributed by atoms with E-state index in [1.807, 2.05) is 31.2 Å². The summed E-state index contributed by atoms with van der Waals surface area (Å²) in [6.07, 6.45) is 4.50. The highest BCUT2D eigenvalue weighted by molar-refractivity contribution is 5.38. The highest BCUT2D eigenvalue weighted by Gasteiger charge is 2.24. The second kappa shape index (κ2) is 5.61. The lowest BCUT2D eigenvalue weighted by atomic mass is 9.98. The lowest BCUT2D eigenvalue weighted by Crippen LogP contribution is -2.29. The van der Waals surface area contributed by atoms with Crippen LogP contribution < -0.4 is 16.0 Å². The van der Waals surface area contributed by atoms with E-state index < -0.39 is 0 Å². The lowest BCUT2D eigenvalue weighted by Gasteiger charge is -2.19. The van der Waals surface area contributed by atoms with E-state index in [2.05, 4.69) is 22.5 Å². The molecule has 1 saturated carbocycles. The van der Waals surface area contributed by atoms with Gasteiger partial charge < -0.3 is 4.74 Å². The van der Waals surface area contributed by atoms with Crippen LogP contribution in [0.3, 0.4) is 0 Å². The van der Waals surface area contributed by atoms with Gasteiger partial charge in [-0.15, -0.1) is 0 Å². The summed E-state index contributed by atoms with van der Waals surface area (Å²) < 4.78 is 5.84. The Bertz CT molecular complexity index is 596. The molecule has 3 N–H and O–H groups in total. The molecule has 3 rings (SSSR count). The van der Waals surface area contributed by atoms with Gasteiger partial charge in [0.05, 0.1) is 12.1 Å². The van der Waals surface area contributed by atoms with Crippen molar-refractivity contribution < 1.29 is 4.74 Å². The van der Waals surface area contributed by atoms with E-state index in [1.54, 1.807) is 6.20 Å². The molecular formula is C16H19N3O. The number of nitrogens with one attached hydrogen (secondary N) is 1. The smallest absolute Gasteiger partial charge is 0.120 e. The van der Waals surface area contributed by atoms with Crippen LogP contribution in [0.15, 0.2) is 42.6 Å². The zero-order valence-corrected chi connectivity index (χ0v) is 11.5. The summed E-state index contributed by atoms with van der Waals surface area (Å²) in [5, 5.41) is 0. The molecule has 4 heteroatoms. The van der Waals surface area contributed by atoms with Crippen LogP contribution in [0.5, 0.6) is 5.75 Å². The number of ether oxygens (including phenoxy) is 1. The number of hydrogen-bond acceptors (Lipinski definition) is 4. The molecule has 0 aliphatic heterocycles. The first kappa shape index (κ1) is 13.1. The first-order chi connectivity index (χ1) is 9.78. The summed E-state index contributed by atoms with van der Waals surface area (Å²) >= 11 is 0. The van der Waals surface area contributed by atoms with E-state index in [0.717, 1.165) is 35.4 Å². The molecule has 0 saturated heterocycles. The monoisotopic (exact) mass is 269 g/mol. The number of aryl methyl sites for hydroxylation is 1. The van der Waals surface area contributed by atoms with Crippen LogP contribution >= 0.6 is 0 Å². The predicted octanol–water partition coefficient (Wildman–Crippen LogP) is 2.48. The zero-order valence-electron chi connectivity index (χ0n) is 11.5. The van der Waals surface area contributed by atoms with Crippen molar-refractivity contribution in [2.75, 3.05) is 0 Å². The first-order valence-electron chi connectivity index (χ1n) is 6.92. The molecule has 1 aliphatic rings. The molecule has 1 aromatic heterocycles. The number of hydrazine groups is 1. The van der Waals surface area contributed by atoms with Gasteiger partial charge in [0, 0.05) is 11.9 Å². The number of pyridine rings is 1. The minimum absolute atomic E-state index is 0.0774. The van der Waals surface area contributed by atoms with Gasteiger partial charge in [-0.3, -0.25) is 10.8 Å². The van der Waals surface area contributed by atoms with Gasteiger partial charge in [0.2, 0.25) is 0 Å². The third kappa shape index (κ3) is 2.81. The molecule has 1 aliphatic carbocycles. The van der Waals surface area contributed by atoms with Crippen LogP contribution in [0.4, 0.5) is 0 Å². The predicted molar refractivity (Wildman–Crippen MR) is 78.2 cm³/mol. The molecule has 1 aromatic carbocycles. The molecule has 1 unspecified atom stereocenters. The molecule has 1 heterocycles. The lowest BCUT2D eigenvalue weighted by molar-refractivity contribution is 0.302. The van der Waals surface area contributed by atoms with Crippen LogP contribution in [0, 0.1) is 6.92 Å². The van der Waals surface area contributed by atoms with Crippen molar-refractivity contribution in [1.29, 1.82) is 0 Å². The van der Waals surface area contributed by atoms with Gasteiger partial charge in [-0.25, -0.2) is 5.43 Å². The van der Waals surface area contributed by atoms with Crippen molar-refractivity contribution in [2.24, 2.45) is 5.84 Å².